The summed E-state index contributed by atoms with van der Waals surface area (Å²) in [7, 11) is 0. The monoisotopic (exact) mass is 289 g/mol. The van der Waals surface area contributed by atoms with Gasteiger partial charge in [0, 0.05) is 28.0 Å². The Kier molecular flexibility index (Phi) is 3.38. The van der Waals surface area contributed by atoms with Crippen LogP contribution in [-0.2, 0) is 0 Å². The second-order valence-electron chi connectivity index (χ2n) is 4.04. The highest BCUT2D eigenvalue weighted by atomic mass is 79.9. The Balaban J connectivity index is 2.48. The molecule has 0 saturated carbocycles. The van der Waals surface area contributed by atoms with E-state index >= 15 is 0 Å². The van der Waals surface area contributed by atoms with Gasteiger partial charge in [0.1, 0.15) is 0 Å². The molecule has 0 fully saturated rings. The van der Waals surface area contributed by atoms with E-state index in [2.05, 4.69) is 20.9 Å². The molecule has 2 rings (SSSR count). The maximum absolute atomic E-state index is 12.3. The summed E-state index contributed by atoms with van der Waals surface area (Å²) >= 11 is 3.40. The number of rotatable bonds is 2. The fraction of sp³-hybridized carbons (Fsp3) is 0.143. The molecule has 0 N–H and O–H groups in total. The Morgan fingerprint density at radius 3 is 2.65 bits per heavy atom. The molecule has 86 valence electrons. The number of hydrogen-bond acceptors (Lipinski definition) is 2. The van der Waals surface area contributed by atoms with Crippen LogP contribution in [0.1, 0.15) is 27.0 Å². The van der Waals surface area contributed by atoms with Gasteiger partial charge in [0.05, 0.1) is 0 Å². The summed E-state index contributed by atoms with van der Waals surface area (Å²) in [6, 6.07) is 7.55. The van der Waals surface area contributed by atoms with Crippen molar-refractivity contribution in [3.05, 3.63) is 63.4 Å². The van der Waals surface area contributed by atoms with Crippen molar-refractivity contribution in [1.82, 2.24) is 4.98 Å². The lowest BCUT2D eigenvalue weighted by Gasteiger charge is -2.05. The van der Waals surface area contributed by atoms with E-state index in [1.54, 1.807) is 12.4 Å². The van der Waals surface area contributed by atoms with Crippen LogP contribution in [-0.4, -0.2) is 10.8 Å². The highest BCUT2D eigenvalue weighted by Gasteiger charge is 2.12. The normalized spacial score (nSPS) is 10.3. The van der Waals surface area contributed by atoms with E-state index in [4.69, 9.17) is 0 Å². The fourth-order valence-corrected chi connectivity index (χ4v) is 2.33. The van der Waals surface area contributed by atoms with Gasteiger partial charge >= 0.3 is 0 Å². The van der Waals surface area contributed by atoms with Crippen LogP contribution < -0.4 is 0 Å². The zero-order valence-corrected chi connectivity index (χ0v) is 11.3. The number of pyridine rings is 1. The minimum atomic E-state index is 0.0139. The zero-order valence-electron chi connectivity index (χ0n) is 9.70. The van der Waals surface area contributed by atoms with Gasteiger partial charge in [0.25, 0.3) is 0 Å². The van der Waals surface area contributed by atoms with Gasteiger partial charge in [-0.05, 0) is 49.2 Å². The summed E-state index contributed by atoms with van der Waals surface area (Å²) in [5.74, 6) is 0.0139. The Bertz CT molecular complexity index is 558. The molecule has 0 aliphatic heterocycles. The van der Waals surface area contributed by atoms with Crippen molar-refractivity contribution < 1.29 is 4.79 Å². The summed E-state index contributed by atoms with van der Waals surface area (Å²) < 4.78 is 0.919. The van der Waals surface area contributed by atoms with E-state index in [0.29, 0.717) is 11.1 Å². The number of carbonyl (C=O) groups excluding carboxylic acids is 1. The molecule has 0 aliphatic rings. The smallest absolute Gasteiger partial charge is 0.194 e. The maximum Gasteiger partial charge on any atom is 0.194 e. The first-order valence-electron chi connectivity index (χ1n) is 5.30. The molecular formula is C14H12BrNO. The van der Waals surface area contributed by atoms with Crippen LogP contribution in [0.5, 0.6) is 0 Å². The van der Waals surface area contributed by atoms with Gasteiger partial charge in [-0.2, -0.15) is 0 Å². The number of halogens is 1. The van der Waals surface area contributed by atoms with Crippen molar-refractivity contribution in [1.29, 1.82) is 0 Å². The first-order chi connectivity index (χ1) is 8.08. The third-order valence-electron chi connectivity index (χ3n) is 2.59. The molecule has 0 atom stereocenters. The Morgan fingerprint density at radius 2 is 2.00 bits per heavy atom. The average molecular weight is 290 g/mol. The predicted octanol–water partition coefficient (Wildman–Crippen LogP) is 3.69. The highest BCUT2D eigenvalue weighted by Crippen LogP contribution is 2.19. The van der Waals surface area contributed by atoms with E-state index in [1.165, 1.54) is 0 Å². The van der Waals surface area contributed by atoms with Crippen LogP contribution in [0.3, 0.4) is 0 Å². The summed E-state index contributed by atoms with van der Waals surface area (Å²) in [4.78, 5) is 16.3. The van der Waals surface area contributed by atoms with Gasteiger partial charge in [-0.25, -0.2) is 0 Å². The lowest BCUT2D eigenvalue weighted by Crippen LogP contribution is -2.04. The van der Waals surface area contributed by atoms with Crippen LogP contribution in [0.25, 0.3) is 0 Å². The molecule has 0 saturated heterocycles. The van der Waals surface area contributed by atoms with Crippen molar-refractivity contribution in [3.8, 4) is 0 Å². The average Bonchev–Trinajstić information content (AvgIpc) is 2.27. The SMILES string of the molecule is Cc1cc(Br)cc(C(=O)c2cnccc2C)c1. The summed E-state index contributed by atoms with van der Waals surface area (Å²) in [5.41, 5.74) is 3.35. The molecule has 1 aromatic carbocycles. The van der Waals surface area contributed by atoms with Gasteiger partial charge in [0.15, 0.2) is 5.78 Å². The largest absolute Gasteiger partial charge is 0.289 e. The van der Waals surface area contributed by atoms with Crippen molar-refractivity contribution in [2.45, 2.75) is 13.8 Å². The standard InChI is InChI=1S/C14H12BrNO/c1-9-5-11(7-12(15)6-9)14(17)13-8-16-4-3-10(13)2/h3-8H,1-2H3. The first-order valence-corrected chi connectivity index (χ1v) is 6.10. The van der Waals surface area contributed by atoms with E-state index in [9.17, 15) is 4.79 Å². The lowest BCUT2D eigenvalue weighted by molar-refractivity contribution is 0.103. The van der Waals surface area contributed by atoms with Gasteiger partial charge in [0.2, 0.25) is 0 Å². The van der Waals surface area contributed by atoms with E-state index in [1.807, 2.05) is 38.1 Å². The first kappa shape index (κ1) is 12.0. The summed E-state index contributed by atoms with van der Waals surface area (Å²) in [5, 5.41) is 0. The van der Waals surface area contributed by atoms with Gasteiger partial charge in [-0.1, -0.05) is 15.9 Å². The second kappa shape index (κ2) is 4.80. The molecule has 3 heteroatoms. The van der Waals surface area contributed by atoms with E-state index in [-0.39, 0.29) is 5.78 Å². The molecular weight excluding hydrogens is 278 g/mol. The fourth-order valence-electron chi connectivity index (χ4n) is 1.72. The van der Waals surface area contributed by atoms with Crippen LogP contribution in [0.2, 0.25) is 0 Å². The van der Waals surface area contributed by atoms with Crippen molar-refractivity contribution >= 4 is 21.7 Å². The number of benzene rings is 1. The summed E-state index contributed by atoms with van der Waals surface area (Å²) in [6.07, 6.45) is 3.31. The Hall–Kier alpha value is -1.48. The van der Waals surface area contributed by atoms with Crippen LogP contribution in [0.15, 0.2) is 41.1 Å². The molecule has 0 radical (unpaired) electrons. The molecule has 0 spiro atoms. The van der Waals surface area contributed by atoms with Crippen LogP contribution in [0, 0.1) is 13.8 Å². The van der Waals surface area contributed by atoms with Gasteiger partial charge in [-0.15, -0.1) is 0 Å². The maximum atomic E-state index is 12.3. The molecule has 0 unspecified atom stereocenters. The molecule has 1 heterocycles. The van der Waals surface area contributed by atoms with Crippen molar-refractivity contribution in [2.24, 2.45) is 0 Å². The molecule has 2 nitrogen and oxygen atoms in total. The second-order valence-corrected chi connectivity index (χ2v) is 4.95. The number of carbonyl (C=O) groups is 1. The van der Waals surface area contributed by atoms with E-state index in [0.717, 1.165) is 15.6 Å². The number of aryl methyl sites for hydroxylation is 2. The zero-order chi connectivity index (χ0) is 12.4. The lowest BCUT2D eigenvalue weighted by atomic mass is 10.00. The molecule has 2 aromatic rings. The number of hydrogen-bond donors (Lipinski definition) is 0. The predicted molar refractivity (Wildman–Crippen MR) is 71.3 cm³/mol. The molecule has 0 amide bonds. The van der Waals surface area contributed by atoms with Crippen molar-refractivity contribution in [3.63, 3.8) is 0 Å². The van der Waals surface area contributed by atoms with Crippen molar-refractivity contribution in [2.75, 3.05) is 0 Å². The highest BCUT2D eigenvalue weighted by molar-refractivity contribution is 9.10. The number of nitrogens with zero attached hydrogens (tertiary/aromatic N) is 1. The molecule has 1 aromatic heterocycles. The minimum absolute atomic E-state index is 0.0139. The summed E-state index contributed by atoms with van der Waals surface area (Å²) in [6.45, 7) is 3.89. The third-order valence-corrected chi connectivity index (χ3v) is 3.05. The van der Waals surface area contributed by atoms with Gasteiger partial charge in [-0.3, -0.25) is 9.78 Å². The van der Waals surface area contributed by atoms with Crippen LogP contribution in [0.4, 0.5) is 0 Å². The molecule has 17 heavy (non-hydrogen) atoms. The number of ketones is 1. The minimum Gasteiger partial charge on any atom is -0.289 e. The number of aromatic nitrogens is 1. The van der Waals surface area contributed by atoms with E-state index < -0.39 is 0 Å². The quantitative estimate of drug-likeness (QED) is 0.789. The molecule has 0 bridgehead atoms. The topological polar surface area (TPSA) is 30.0 Å². The van der Waals surface area contributed by atoms with Gasteiger partial charge < -0.3 is 0 Å². The third kappa shape index (κ3) is 2.61. The Morgan fingerprint density at radius 1 is 1.24 bits per heavy atom. The van der Waals surface area contributed by atoms with Crippen LogP contribution >= 0.6 is 15.9 Å². The Labute approximate surface area is 109 Å². The molecule has 0 aliphatic carbocycles.